The van der Waals surface area contributed by atoms with Crippen LogP contribution in [-0.2, 0) is 4.79 Å². The number of carboxylic acid groups (broad SMARTS) is 1. The quantitative estimate of drug-likeness (QED) is 0.410. The highest BCUT2D eigenvalue weighted by Gasteiger charge is 2.34. The van der Waals surface area contributed by atoms with Gasteiger partial charge in [0.25, 0.3) is 0 Å². The fourth-order valence-corrected chi connectivity index (χ4v) is 4.63. The molecule has 1 aliphatic carbocycles. The Morgan fingerprint density at radius 3 is 2.14 bits per heavy atom. The molecule has 1 heterocycles. The van der Waals surface area contributed by atoms with E-state index in [1.165, 1.54) is 6.20 Å². The Kier molecular flexibility index (Phi) is 7.49. The van der Waals surface area contributed by atoms with E-state index in [4.69, 9.17) is 0 Å². The van der Waals surface area contributed by atoms with Crippen LogP contribution in [-0.4, -0.2) is 32.8 Å². The molecule has 1 amide bonds. The van der Waals surface area contributed by atoms with E-state index in [1.807, 2.05) is 80.6 Å². The molecule has 0 aliphatic heterocycles. The lowest BCUT2D eigenvalue weighted by Crippen LogP contribution is -2.43. The van der Waals surface area contributed by atoms with Crippen molar-refractivity contribution in [1.29, 1.82) is 0 Å². The zero-order valence-electron chi connectivity index (χ0n) is 20.6. The number of aromatic carboxylic acids is 1. The summed E-state index contributed by atoms with van der Waals surface area (Å²) < 4.78 is 1.55. The molecule has 182 valence electrons. The molecule has 1 aromatic heterocycles. The van der Waals surface area contributed by atoms with Crippen LogP contribution in [0.5, 0.6) is 0 Å². The summed E-state index contributed by atoms with van der Waals surface area (Å²) in [5, 5.41) is 14.5. The molecule has 0 spiro atoms. The van der Waals surface area contributed by atoms with Crippen molar-refractivity contribution >= 4 is 29.8 Å². The molecule has 0 bridgehead atoms. The molecule has 2 aromatic carbocycles. The fraction of sp³-hybridized carbons (Fsp3) is 0.345. The molecule has 1 N–H and O–H groups in total. The minimum absolute atomic E-state index is 0.0268. The summed E-state index contributed by atoms with van der Waals surface area (Å²) in [5.74, 6) is -0.364. The van der Waals surface area contributed by atoms with Crippen LogP contribution >= 0.6 is 0 Å². The van der Waals surface area contributed by atoms with Gasteiger partial charge < -0.3 is 5.11 Å². The van der Waals surface area contributed by atoms with Gasteiger partial charge in [0.05, 0.1) is 5.69 Å². The topological polar surface area (TPSA) is 75.4 Å². The smallest absolute Gasteiger partial charge is 0.341 e. The van der Waals surface area contributed by atoms with Gasteiger partial charge in [-0.05, 0) is 68.7 Å². The summed E-state index contributed by atoms with van der Waals surface area (Å²) in [5.41, 5.74) is 2.90. The predicted molar refractivity (Wildman–Crippen MR) is 140 cm³/mol. The van der Waals surface area contributed by atoms with E-state index in [0.717, 1.165) is 42.5 Å². The number of anilines is 1. The Bertz CT molecular complexity index is 1190. The van der Waals surface area contributed by atoms with Gasteiger partial charge >= 0.3 is 5.97 Å². The molecule has 0 unspecified atom stereocenters. The zero-order valence-corrected chi connectivity index (χ0v) is 20.6. The molecule has 6 nitrogen and oxygen atoms in total. The van der Waals surface area contributed by atoms with Gasteiger partial charge in [0, 0.05) is 18.2 Å². The molecular formula is C29H33N3O3. The lowest BCUT2D eigenvalue weighted by Gasteiger charge is -2.32. The van der Waals surface area contributed by atoms with Crippen molar-refractivity contribution in [3.05, 3.63) is 77.5 Å². The minimum Gasteiger partial charge on any atom is -0.477 e. The van der Waals surface area contributed by atoms with Crippen molar-refractivity contribution in [2.45, 2.75) is 52.5 Å². The number of rotatable bonds is 7. The lowest BCUT2D eigenvalue weighted by atomic mass is 9.82. The van der Waals surface area contributed by atoms with Gasteiger partial charge in [-0.15, -0.1) is 5.10 Å². The Hall–Kier alpha value is -3.67. The van der Waals surface area contributed by atoms with Gasteiger partial charge in [-0.25, -0.2) is 9.48 Å². The van der Waals surface area contributed by atoms with Crippen molar-refractivity contribution in [2.24, 2.45) is 11.8 Å². The maximum absolute atomic E-state index is 13.5. The van der Waals surface area contributed by atoms with Crippen molar-refractivity contribution < 1.29 is 14.7 Å². The van der Waals surface area contributed by atoms with E-state index < -0.39 is 5.97 Å². The second kappa shape index (κ2) is 10.7. The largest absolute Gasteiger partial charge is 0.477 e. The molecule has 6 heteroatoms. The first-order valence-electron chi connectivity index (χ1n) is 12.3. The molecule has 1 saturated carbocycles. The maximum Gasteiger partial charge on any atom is 0.341 e. The van der Waals surface area contributed by atoms with Gasteiger partial charge in [-0.1, -0.05) is 61.5 Å². The lowest BCUT2D eigenvalue weighted by molar-refractivity contribution is -0.123. The predicted octanol–water partition coefficient (Wildman–Crippen LogP) is 6.31. The van der Waals surface area contributed by atoms with E-state index in [2.05, 4.69) is 12.0 Å². The van der Waals surface area contributed by atoms with Crippen molar-refractivity contribution in [1.82, 2.24) is 9.78 Å². The minimum atomic E-state index is -1.09. The number of carbonyl (C=O) groups is 2. The summed E-state index contributed by atoms with van der Waals surface area (Å²) in [4.78, 5) is 27.2. The van der Waals surface area contributed by atoms with Crippen LogP contribution in [0.2, 0.25) is 0 Å². The average Bonchev–Trinajstić information content (AvgIpc) is 3.29. The summed E-state index contributed by atoms with van der Waals surface area (Å²) in [6, 6.07) is 17.6. The Balaban J connectivity index is 1.60. The SMILES string of the molecule is CC1CCC(C(=O)N(c2nn(-c3ccc(/C=C/c4ccccc4)cc3)cc2C(=O)O)C(C)C)CC1. The maximum atomic E-state index is 13.5. The summed E-state index contributed by atoms with van der Waals surface area (Å²) in [7, 11) is 0. The van der Waals surface area contributed by atoms with Gasteiger partial charge in [0.1, 0.15) is 5.56 Å². The summed E-state index contributed by atoms with van der Waals surface area (Å²) >= 11 is 0. The molecule has 1 fully saturated rings. The van der Waals surface area contributed by atoms with Gasteiger partial charge in [0.2, 0.25) is 5.91 Å². The van der Waals surface area contributed by atoms with Crippen molar-refractivity contribution in [3.63, 3.8) is 0 Å². The summed E-state index contributed by atoms with van der Waals surface area (Å²) in [6.45, 7) is 6.03. The molecule has 0 atom stereocenters. The molecule has 4 rings (SSSR count). The number of carbonyl (C=O) groups excluding carboxylic acids is 1. The van der Waals surface area contributed by atoms with Crippen LogP contribution in [0, 0.1) is 11.8 Å². The van der Waals surface area contributed by atoms with Crippen LogP contribution in [0.15, 0.2) is 60.8 Å². The third-order valence-corrected chi connectivity index (χ3v) is 6.70. The highest BCUT2D eigenvalue weighted by atomic mass is 16.4. The second-order valence-electron chi connectivity index (χ2n) is 9.71. The van der Waals surface area contributed by atoms with E-state index in [1.54, 1.807) is 9.58 Å². The highest BCUT2D eigenvalue weighted by Crippen LogP contribution is 2.32. The number of carboxylic acids is 1. The number of benzene rings is 2. The molecule has 0 saturated heterocycles. The van der Waals surface area contributed by atoms with Crippen LogP contribution in [0.25, 0.3) is 17.8 Å². The number of amides is 1. The highest BCUT2D eigenvalue weighted by molar-refractivity contribution is 6.01. The Morgan fingerprint density at radius 1 is 0.971 bits per heavy atom. The normalized spacial score (nSPS) is 18.2. The zero-order chi connectivity index (χ0) is 24.9. The Labute approximate surface area is 206 Å². The molecule has 0 radical (unpaired) electrons. The number of hydrogen-bond donors (Lipinski definition) is 1. The number of nitrogens with zero attached hydrogens (tertiary/aromatic N) is 3. The van der Waals surface area contributed by atoms with Gasteiger partial charge in [-0.2, -0.15) is 0 Å². The third kappa shape index (κ3) is 5.70. The van der Waals surface area contributed by atoms with Crippen LogP contribution in [0.1, 0.15) is 67.9 Å². The monoisotopic (exact) mass is 471 g/mol. The second-order valence-corrected chi connectivity index (χ2v) is 9.71. The average molecular weight is 472 g/mol. The molecule has 1 aliphatic rings. The molecule has 35 heavy (non-hydrogen) atoms. The fourth-order valence-electron chi connectivity index (χ4n) is 4.63. The standard InChI is InChI=1S/C29H33N3O3/c1-20(2)32(28(33)24-15-9-21(3)10-16-24)27-26(29(34)35)19-31(30-27)25-17-13-23(14-18-25)12-11-22-7-5-4-6-8-22/h4-8,11-14,17-21,24H,9-10,15-16H2,1-3H3,(H,34,35)/b12-11+. The third-order valence-electron chi connectivity index (χ3n) is 6.70. The van der Waals surface area contributed by atoms with E-state index in [9.17, 15) is 14.7 Å². The van der Waals surface area contributed by atoms with E-state index in [0.29, 0.717) is 5.92 Å². The first kappa shape index (κ1) is 24.5. The number of hydrogen-bond acceptors (Lipinski definition) is 3. The summed E-state index contributed by atoms with van der Waals surface area (Å²) in [6.07, 6.45) is 9.29. The van der Waals surface area contributed by atoms with Gasteiger partial charge in [0.15, 0.2) is 5.82 Å². The van der Waals surface area contributed by atoms with Gasteiger partial charge in [-0.3, -0.25) is 9.69 Å². The van der Waals surface area contributed by atoms with E-state index >= 15 is 0 Å². The van der Waals surface area contributed by atoms with Crippen molar-refractivity contribution in [3.8, 4) is 5.69 Å². The molecule has 3 aromatic rings. The van der Waals surface area contributed by atoms with Crippen LogP contribution in [0.4, 0.5) is 5.82 Å². The molecular weight excluding hydrogens is 438 g/mol. The van der Waals surface area contributed by atoms with Crippen molar-refractivity contribution in [2.75, 3.05) is 4.90 Å². The first-order valence-corrected chi connectivity index (χ1v) is 12.3. The van der Waals surface area contributed by atoms with E-state index in [-0.39, 0.29) is 29.2 Å². The number of aromatic nitrogens is 2. The van der Waals surface area contributed by atoms with Crippen LogP contribution in [0.3, 0.4) is 0 Å². The Morgan fingerprint density at radius 2 is 1.57 bits per heavy atom. The first-order chi connectivity index (χ1) is 16.8. The van der Waals surface area contributed by atoms with Crippen LogP contribution < -0.4 is 4.90 Å².